The minimum atomic E-state index is -0.0430. The first kappa shape index (κ1) is 14.6. The van der Waals surface area contributed by atoms with Gasteiger partial charge in [0.25, 0.3) is 0 Å². The zero-order valence-electron chi connectivity index (χ0n) is 13.1. The van der Waals surface area contributed by atoms with Crippen molar-refractivity contribution in [3.63, 3.8) is 0 Å². The molecular formula is C18H26N2O. The Kier molecular flexibility index (Phi) is 4.05. The molecule has 0 spiro atoms. The number of nitrogens with two attached hydrogens (primary N) is 1. The van der Waals surface area contributed by atoms with Gasteiger partial charge in [-0.15, -0.1) is 0 Å². The van der Waals surface area contributed by atoms with Gasteiger partial charge >= 0.3 is 0 Å². The smallest absolute Gasteiger partial charge is 0.134 e. The molecule has 1 atom stereocenters. The van der Waals surface area contributed by atoms with E-state index in [9.17, 15) is 0 Å². The van der Waals surface area contributed by atoms with E-state index in [4.69, 9.17) is 10.2 Å². The summed E-state index contributed by atoms with van der Waals surface area (Å²) >= 11 is 0. The zero-order chi connectivity index (χ0) is 14.9. The molecule has 0 radical (unpaired) electrons. The largest absolute Gasteiger partial charge is 0.459 e. The highest BCUT2D eigenvalue weighted by Gasteiger charge is 2.24. The minimum Gasteiger partial charge on any atom is -0.459 e. The van der Waals surface area contributed by atoms with Crippen LogP contribution < -0.4 is 5.73 Å². The van der Waals surface area contributed by atoms with Gasteiger partial charge in [-0.25, -0.2) is 0 Å². The monoisotopic (exact) mass is 286 g/mol. The molecule has 1 aromatic carbocycles. The highest BCUT2D eigenvalue weighted by atomic mass is 16.3. The van der Waals surface area contributed by atoms with E-state index in [2.05, 4.69) is 30.9 Å². The van der Waals surface area contributed by atoms with Gasteiger partial charge in [0.05, 0.1) is 6.04 Å². The van der Waals surface area contributed by atoms with Crippen LogP contribution in [-0.2, 0) is 0 Å². The number of fused-ring (bicyclic) bond motifs is 1. The van der Waals surface area contributed by atoms with Gasteiger partial charge in [-0.1, -0.05) is 32.0 Å². The van der Waals surface area contributed by atoms with E-state index in [0.717, 1.165) is 36.4 Å². The molecule has 0 saturated carbocycles. The Morgan fingerprint density at radius 3 is 2.86 bits per heavy atom. The van der Waals surface area contributed by atoms with Crippen LogP contribution in [0.2, 0.25) is 0 Å². The van der Waals surface area contributed by atoms with Gasteiger partial charge in [-0.3, -0.25) is 0 Å². The molecule has 1 aliphatic rings. The predicted molar refractivity (Wildman–Crippen MR) is 87.2 cm³/mol. The molecule has 1 fully saturated rings. The number of hydrogen-bond acceptors (Lipinski definition) is 3. The minimum absolute atomic E-state index is 0.0430. The molecule has 2 aromatic rings. The number of hydrogen-bond donors (Lipinski definition) is 1. The summed E-state index contributed by atoms with van der Waals surface area (Å²) in [4.78, 5) is 2.49. The van der Waals surface area contributed by atoms with Gasteiger partial charge in [-0.05, 0) is 49.9 Å². The lowest BCUT2D eigenvalue weighted by molar-refractivity contribution is 0.242. The van der Waals surface area contributed by atoms with Crippen molar-refractivity contribution in [2.45, 2.75) is 39.2 Å². The van der Waals surface area contributed by atoms with Gasteiger partial charge in [0.2, 0.25) is 0 Å². The maximum absolute atomic E-state index is 6.37. The molecule has 2 heterocycles. The second-order valence-corrected chi connectivity index (χ2v) is 7.11. The fraction of sp³-hybridized carbons (Fsp3) is 0.556. The van der Waals surface area contributed by atoms with Crippen LogP contribution in [-0.4, -0.2) is 24.5 Å². The van der Waals surface area contributed by atoms with Crippen molar-refractivity contribution in [2.24, 2.45) is 11.1 Å². The Morgan fingerprint density at radius 1 is 1.24 bits per heavy atom. The first-order valence-electron chi connectivity index (χ1n) is 8.00. The van der Waals surface area contributed by atoms with E-state index >= 15 is 0 Å². The van der Waals surface area contributed by atoms with E-state index in [1.165, 1.54) is 19.3 Å². The number of likely N-dealkylation sites (tertiary alicyclic amines) is 1. The molecule has 2 N–H and O–H groups in total. The number of benzene rings is 1. The Morgan fingerprint density at radius 2 is 2.05 bits per heavy atom. The molecule has 21 heavy (non-hydrogen) atoms. The van der Waals surface area contributed by atoms with Gasteiger partial charge < -0.3 is 15.1 Å². The molecule has 0 amide bonds. The second kappa shape index (κ2) is 5.82. The van der Waals surface area contributed by atoms with Crippen LogP contribution >= 0.6 is 0 Å². The molecule has 0 bridgehead atoms. The molecule has 1 aromatic heterocycles. The number of furan rings is 1. The first-order chi connectivity index (χ1) is 10.0. The Labute approximate surface area is 127 Å². The van der Waals surface area contributed by atoms with Crippen molar-refractivity contribution in [3.05, 3.63) is 36.1 Å². The quantitative estimate of drug-likeness (QED) is 0.929. The predicted octanol–water partition coefficient (Wildman–Crippen LogP) is 3.94. The SMILES string of the molecule is CC1(C)CCCN(CC(N)c2cc3ccccc3o2)CC1. The lowest BCUT2D eigenvalue weighted by Gasteiger charge is -2.24. The Bertz CT molecular complexity index is 569. The van der Waals surface area contributed by atoms with Crippen LogP contribution in [0.5, 0.6) is 0 Å². The number of rotatable bonds is 3. The highest BCUT2D eigenvalue weighted by Crippen LogP contribution is 2.30. The molecule has 1 unspecified atom stereocenters. The van der Waals surface area contributed by atoms with Crippen LogP contribution in [0, 0.1) is 5.41 Å². The molecule has 1 saturated heterocycles. The van der Waals surface area contributed by atoms with Gasteiger partial charge in [-0.2, -0.15) is 0 Å². The van der Waals surface area contributed by atoms with Gasteiger partial charge in [0.1, 0.15) is 11.3 Å². The average Bonchev–Trinajstić information content (AvgIpc) is 2.81. The maximum atomic E-state index is 6.37. The van der Waals surface area contributed by atoms with E-state index in [-0.39, 0.29) is 6.04 Å². The van der Waals surface area contributed by atoms with Crippen LogP contribution in [0.1, 0.15) is 44.9 Å². The fourth-order valence-electron chi connectivity index (χ4n) is 3.21. The summed E-state index contributed by atoms with van der Waals surface area (Å²) in [7, 11) is 0. The Balaban J connectivity index is 1.66. The van der Waals surface area contributed by atoms with E-state index in [1.54, 1.807) is 0 Å². The standard InChI is InChI=1S/C18H26N2O/c1-18(2)8-5-10-20(11-9-18)13-15(19)17-12-14-6-3-4-7-16(14)21-17/h3-4,6-7,12,15H,5,8-11,13,19H2,1-2H3. The normalized spacial score (nSPS) is 21.3. The molecular weight excluding hydrogens is 260 g/mol. The number of para-hydroxylation sites is 1. The third kappa shape index (κ3) is 3.47. The lowest BCUT2D eigenvalue weighted by Crippen LogP contribution is -2.33. The van der Waals surface area contributed by atoms with Crippen LogP contribution in [0.4, 0.5) is 0 Å². The maximum Gasteiger partial charge on any atom is 0.134 e. The molecule has 3 heteroatoms. The van der Waals surface area contributed by atoms with Crippen molar-refractivity contribution >= 4 is 11.0 Å². The van der Waals surface area contributed by atoms with Crippen LogP contribution in [0.15, 0.2) is 34.7 Å². The molecule has 3 nitrogen and oxygen atoms in total. The summed E-state index contributed by atoms with van der Waals surface area (Å²) in [5.41, 5.74) is 7.77. The Hall–Kier alpha value is -1.32. The van der Waals surface area contributed by atoms with E-state index in [1.807, 2.05) is 18.2 Å². The molecule has 114 valence electrons. The summed E-state index contributed by atoms with van der Waals surface area (Å²) in [5, 5.41) is 1.14. The van der Waals surface area contributed by atoms with E-state index < -0.39 is 0 Å². The van der Waals surface area contributed by atoms with E-state index in [0.29, 0.717) is 5.41 Å². The van der Waals surface area contributed by atoms with Crippen LogP contribution in [0.25, 0.3) is 11.0 Å². The third-order valence-electron chi connectivity index (χ3n) is 4.70. The topological polar surface area (TPSA) is 42.4 Å². The fourth-order valence-corrected chi connectivity index (χ4v) is 3.21. The van der Waals surface area contributed by atoms with Crippen molar-refractivity contribution in [1.82, 2.24) is 4.90 Å². The summed E-state index contributed by atoms with van der Waals surface area (Å²) in [6, 6.07) is 10.1. The van der Waals surface area contributed by atoms with Crippen molar-refractivity contribution < 1.29 is 4.42 Å². The third-order valence-corrected chi connectivity index (χ3v) is 4.70. The lowest BCUT2D eigenvalue weighted by atomic mass is 9.85. The first-order valence-corrected chi connectivity index (χ1v) is 8.00. The molecule has 1 aliphatic heterocycles. The molecule has 3 rings (SSSR count). The van der Waals surface area contributed by atoms with Gasteiger partial charge in [0, 0.05) is 11.9 Å². The van der Waals surface area contributed by atoms with Gasteiger partial charge in [0.15, 0.2) is 0 Å². The summed E-state index contributed by atoms with van der Waals surface area (Å²) in [6.45, 7) is 7.92. The summed E-state index contributed by atoms with van der Waals surface area (Å²) in [6.07, 6.45) is 3.82. The van der Waals surface area contributed by atoms with Crippen molar-refractivity contribution in [3.8, 4) is 0 Å². The highest BCUT2D eigenvalue weighted by molar-refractivity contribution is 5.77. The second-order valence-electron chi connectivity index (χ2n) is 7.11. The van der Waals surface area contributed by atoms with Crippen LogP contribution in [0.3, 0.4) is 0 Å². The average molecular weight is 286 g/mol. The number of nitrogens with zero attached hydrogens (tertiary/aromatic N) is 1. The molecule has 0 aliphatic carbocycles. The zero-order valence-corrected chi connectivity index (χ0v) is 13.1. The van der Waals surface area contributed by atoms with Crippen molar-refractivity contribution in [2.75, 3.05) is 19.6 Å². The summed E-state index contributed by atoms with van der Waals surface area (Å²) in [5.74, 6) is 0.903. The summed E-state index contributed by atoms with van der Waals surface area (Å²) < 4.78 is 5.89. The van der Waals surface area contributed by atoms with Crippen molar-refractivity contribution in [1.29, 1.82) is 0 Å².